The van der Waals surface area contributed by atoms with Crippen molar-refractivity contribution in [3.63, 3.8) is 0 Å². The number of carbonyl (C=O) groups is 1. The van der Waals surface area contributed by atoms with Crippen LogP contribution in [0.1, 0.15) is 18.1 Å². The van der Waals surface area contributed by atoms with Crippen LogP contribution in [0.4, 0.5) is 5.69 Å². The third-order valence-corrected chi connectivity index (χ3v) is 5.14. The van der Waals surface area contributed by atoms with Crippen molar-refractivity contribution in [3.05, 3.63) is 29.3 Å². The molecular formula is C16H22N4O4S2. The summed E-state index contributed by atoms with van der Waals surface area (Å²) in [7, 11) is -0.952. The molecule has 8 nitrogen and oxygen atoms in total. The van der Waals surface area contributed by atoms with Crippen LogP contribution in [0.25, 0.3) is 0 Å². The van der Waals surface area contributed by atoms with Crippen molar-refractivity contribution < 1.29 is 17.9 Å². The van der Waals surface area contributed by atoms with E-state index in [0.717, 1.165) is 0 Å². The summed E-state index contributed by atoms with van der Waals surface area (Å²) < 4.78 is 31.0. The zero-order valence-electron chi connectivity index (χ0n) is 14.9. The first-order valence-electron chi connectivity index (χ1n) is 8.07. The molecule has 0 spiro atoms. The van der Waals surface area contributed by atoms with Gasteiger partial charge in [0.15, 0.2) is 5.11 Å². The van der Waals surface area contributed by atoms with E-state index in [9.17, 15) is 13.2 Å². The van der Waals surface area contributed by atoms with Gasteiger partial charge in [-0.1, -0.05) is 12.1 Å². The Hall–Kier alpha value is -1.88. The number of amides is 1. The topological polar surface area (TPSA) is 100 Å². The van der Waals surface area contributed by atoms with Gasteiger partial charge < -0.3 is 15.4 Å². The van der Waals surface area contributed by atoms with Gasteiger partial charge in [-0.25, -0.2) is 0 Å². The fraction of sp³-hybridized carbons (Fsp3) is 0.500. The highest BCUT2D eigenvalue weighted by molar-refractivity contribution is 7.80. The summed E-state index contributed by atoms with van der Waals surface area (Å²) in [5.41, 5.74) is 0.575. The second-order valence-corrected chi connectivity index (χ2v) is 7.04. The first kappa shape index (κ1) is 20.4. The summed E-state index contributed by atoms with van der Waals surface area (Å²) in [6.07, 6.45) is 0. The molecule has 1 amide bonds. The lowest BCUT2D eigenvalue weighted by Crippen LogP contribution is -2.59. The number of benzene rings is 1. The van der Waals surface area contributed by atoms with Crippen molar-refractivity contribution in [2.75, 3.05) is 33.4 Å². The van der Waals surface area contributed by atoms with E-state index in [4.69, 9.17) is 17.0 Å². The smallest absolute Gasteiger partial charge is 0.316 e. The number of carbonyl (C=O) groups excluding carboxylic acids is 1. The monoisotopic (exact) mass is 398 g/mol. The van der Waals surface area contributed by atoms with Crippen molar-refractivity contribution >= 4 is 39.4 Å². The Balaban J connectivity index is 2.54. The summed E-state index contributed by atoms with van der Waals surface area (Å²) >= 11 is 5.07. The number of nitrogens with zero attached hydrogens (tertiary/aromatic N) is 2. The van der Waals surface area contributed by atoms with Gasteiger partial charge in [0, 0.05) is 20.1 Å². The van der Waals surface area contributed by atoms with Crippen LogP contribution in [0.5, 0.6) is 0 Å². The number of rotatable bonds is 4. The minimum atomic E-state index is -2.58. The first-order valence-corrected chi connectivity index (χ1v) is 9.51. The average molecular weight is 399 g/mol. The summed E-state index contributed by atoms with van der Waals surface area (Å²) in [6, 6.07) is 5.19. The highest BCUT2D eigenvalue weighted by Crippen LogP contribution is 2.33. The van der Waals surface area contributed by atoms with Crippen LogP contribution in [0.2, 0.25) is 0 Å². The van der Waals surface area contributed by atoms with Crippen molar-refractivity contribution in [3.8, 4) is 0 Å². The maximum atomic E-state index is 13.1. The van der Waals surface area contributed by atoms with Crippen LogP contribution < -0.4 is 10.6 Å². The molecule has 1 atom stereocenters. The van der Waals surface area contributed by atoms with E-state index < -0.39 is 16.0 Å². The van der Waals surface area contributed by atoms with Crippen LogP contribution >= 0.6 is 12.2 Å². The molecule has 2 N–H and O–H groups in total. The van der Waals surface area contributed by atoms with Crippen LogP contribution in [0.3, 0.4) is 0 Å². The Morgan fingerprint density at radius 1 is 1.35 bits per heavy atom. The molecule has 0 aliphatic carbocycles. The van der Waals surface area contributed by atoms with Gasteiger partial charge in [-0.3, -0.25) is 9.69 Å². The van der Waals surface area contributed by atoms with Crippen molar-refractivity contribution in [1.29, 1.82) is 0 Å². The average Bonchev–Trinajstić information content (AvgIpc) is 2.63. The second-order valence-electron chi connectivity index (χ2n) is 6.01. The van der Waals surface area contributed by atoms with Gasteiger partial charge in [-0.2, -0.15) is 8.42 Å². The quantitative estimate of drug-likeness (QED) is 0.726. The number of nitrogens with one attached hydrogen (secondary N) is 2. The maximum absolute atomic E-state index is 13.1. The number of morpholine rings is 1. The standard InChI is InChI=1S/C16H22N4O4S2/c1-11-4-5-12(10-13(11)19-26(22)23)16(2,14(21)18-15(25)17-3)20-6-8-24-9-7-20/h4-5,10H,6-9H2,1-3H3,(H2,17,18,21,25). The summed E-state index contributed by atoms with van der Waals surface area (Å²) in [5.74, 6) is -0.309. The Bertz CT molecular complexity index is 827. The van der Waals surface area contributed by atoms with E-state index in [2.05, 4.69) is 15.0 Å². The fourth-order valence-corrected chi connectivity index (χ4v) is 3.30. The number of hydrogen-bond acceptors (Lipinski definition) is 7. The lowest BCUT2D eigenvalue weighted by atomic mass is 9.87. The number of hydrogen-bond donors (Lipinski definition) is 2. The van der Waals surface area contributed by atoms with Crippen molar-refractivity contribution in [2.24, 2.45) is 4.36 Å². The summed E-state index contributed by atoms with van der Waals surface area (Å²) in [5, 5.41) is 5.63. The third kappa shape index (κ3) is 4.44. The molecule has 10 heteroatoms. The van der Waals surface area contributed by atoms with Crippen LogP contribution in [0.15, 0.2) is 22.6 Å². The highest BCUT2D eigenvalue weighted by atomic mass is 32.2. The Morgan fingerprint density at radius 3 is 2.58 bits per heavy atom. The Kier molecular flexibility index (Phi) is 6.81. The molecule has 1 fully saturated rings. The SMILES string of the molecule is CNC(=S)NC(=O)C(C)(c1ccc(C)c(N=S(=O)=O)c1)N1CCOCC1. The molecule has 26 heavy (non-hydrogen) atoms. The second kappa shape index (κ2) is 8.67. The lowest BCUT2D eigenvalue weighted by molar-refractivity contribution is -0.135. The van der Waals surface area contributed by atoms with Crippen molar-refractivity contribution in [2.45, 2.75) is 19.4 Å². The Labute approximate surface area is 159 Å². The first-order chi connectivity index (χ1) is 12.3. The van der Waals surface area contributed by atoms with E-state index in [1.54, 1.807) is 39.1 Å². The molecule has 1 unspecified atom stereocenters. The van der Waals surface area contributed by atoms with E-state index in [0.29, 0.717) is 43.1 Å². The minimum Gasteiger partial charge on any atom is -0.379 e. The van der Waals surface area contributed by atoms with Gasteiger partial charge >= 0.3 is 10.5 Å². The van der Waals surface area contributed by atoms with Gasteiger partial charge in [0.25, 0.3) is 5.91 Å². The molecule has 0 aromatic heterocycles. The minimum absolute atomic E-state index is 0.215. The molecule has 2 rings (SSSR count). The van der Waals surface area contributed by atoms with E-state index in [-0.39, 0.29) is 11.0 Å². The van der Waals surface area contributed by atoms with Crippen molar-refractivity contribution in [1.82, 2.24) is 15.5 Å². The highest BCUT2D eigenvalue weighted by Gasteiger charge is 2.42. The number of thiocarbonyl (C=S) groups is 1. The molecule has 0 radical (unpaired) electrons. The number of ether oxygens (including phenoxy) is 1. The van der Waals surface area contributed by atoms with E-state index >= 15 is 0 Å². The molecule has 1 aliphatic rings. The van der Waals surface area contributed by atoms with Crippen LogP contribution in [0, 0.1) is 6.92 Å². The molecule has 0 bridgehead atoms. The largest absolute Gasteiger partial charge is 0.379 e. The van der Waals surface area contributed by atoms with Gasteiger partial charge in [0.1, 0.15) is 5.54 Å². The zero-order chi connectivity index (χ0) is 19.3. The van der Waals surface area contributed by atoms with E-state index in [1.165, 1.54) is 0 Å². The molecule has 1 heterocycles. The molecule has 1 saturated heterocycles. The Morgan fingerprint density at radius 2 is 2.00 bits per heavy atom. The molecule has 142 valence electrons. The predicted molar refractivity (Wildman–Crippen MR) is 102 cm³/mol. The van der Waals surface area contributed by atoms with E-state index in [1.807, 2.05) is 4.90 Å². The van der Waals surface area contributed by atoms with Gasteiger partial charge in [-0.15, -0.1) is 4.36 Å². The van der Waals surface area contributed by atoms with Crippen LogP contribution in [-0.2, 0) is 25.6 Å². The molecular weight excluding hydrogens is 376 g/mol. The van der Waals surface area contributed by atoms with Crippen LogP contribution in [-0.4, -0.2) is 57.7 Å². The van der Waals surface area contributed by atoms with Gasteiger partial charge in [-0.05, 0) is 43.3 Å². The van der Waals surface area contributed by atoms with Gasteiger partial charge in [0.2, 0.25) is 0 Å². The normalized spacial score (nSPS) is 17.0. The lowest BCUT2D eigenvalue weighted by Gasteiger charge is -2.42. The number of aryl methyl sites for hydroxylation is 1. The fourth-order valence-electron chi connectivity index (χ4n) is 2.85. The molecule has 1 aromatic rings. The molecule has 0 saturated carbocycles. The summed E-state index contributed by atoms with van der Waals surface area (Å²) in [4.78, 5) is 15.1. The predicted octanol–water partition coefficient (Wildman–Crippen LogP) is 0.857. The zero-order valence-corrected chi connectivity index (χ0v) is 16.5. The van der Waals surface area contributed by atoms with Gasteiger partial charge in [0.05, 0.1) is 18.9 Å². The summed E-state index contributed by atoms with van der Waals surface area (Å²) in [6.45, 7) is 5.68. The third-order valence-electron chi connectivity index (χ3n) is 4.48. The molecule has 1 aromatic carbocycles. The molecule has 1 aliphatic heterocycles. The maximum Gasteiger partial charge on any atom is 0.316 e.